The number of aryl methyl sites for hydroxylation is 1. The highest BCUT2D eigenvalue weighted by atomic mass is 79.9. The molecule has 190 valence electrons. The first-order valence-corrected chi connectivity index (χ1v) is 12.9. The van der Waals surface area contributed by atoms with E-state index in [1.807, 2.05) is 0 Å². The van der Waals surface area contributed by atoms with Crippen molar-refractivity contribution in [1.82, 2.24) is 19.1 Å². The minimum absolute atomic E-state index is 0.0198. The highest BCUT2D eigenvalue weighted by molar-refractivity contribution is 9.10. The van der Waals surface area contributed by atoms with Gasteiger partial charge in [-0.05, 0) is 12.1 Å². The second-order valence-corrected chi connectivity index (χ2v) is 11.2. The van der Waals surface area contributed by atoms with Crippen molar-refractivity contribution in [2.75, 3.05) is 5.75 Å². The van der Waals surface area contributed by atoms with Gasteiger partial charge in [-0.2, -0.15) is 17.6 Å². The van der Waals surface area contributed by atoms with Gasteiger partial charge in [-0.1, -0.05) is 35.0 Å². The minimum atomic E-state index is -4.88. The summed E-state index contributed by atoms with van der Waals surface area (Å²) in [4.78, 5) is 8.97. The molecule has 3 heterocycles. The van der Waals surface area contributed by atoms with Crippen LogP contribution in [0.4, 0.5) is 17.6 Å². The first-order chi connectivity index (χ1) is 16.8. The van der Waals surface area contributed by atoms with Crippen LogP contribution in [0.1, 0.15) is 6.92 Å². The van der Waals surface area contributed by atoms with Gasteiger partial charge in [0, 0.05) is 36.3 Å². The zero-order chi connectivity index (χ0) is 26.2. The molecule has 14 heteroatoms. The molecule has 2 aromatic heterocycles. The van der Waals surface area contributed by atoms with Gasteiger partial charge in [0.2, 0.25) is 0 Å². The number of nitrogens with zero attached hydrogens (tertiary/aromatic N) is 4. The lowest BCUT2D eigenvalue weighted by molar-refractivity contribution is -0.391. The number of imidazole rings is 2. The van der Waals surface area contributed by atoms with E-state index in [2.05, 4.69) is 35.4 Å². The molecule has 0 fully saturated rings. The van der Waals surface area contributed by atoms with Gasteiger partial charge in [0.15, 0.2) is 32.2 Å². The van der Waals surface area contributed by atoms with Crippen LogP contribution in [0.5, 0.6) is 11.5 Å². The maximum atomic E-state index is 13.7. The number of fused-ring (bicyclic) bond motifs is 2. The van der Waals surface area contributed by atoms with Crippen molar-refractivity contribution in [3.05, 3.63) is 40.9 Å². The number of hydrogen-bond acceptors (Lipinski definition) is 6. The van der Waals surface area contributed by atoms with Crippen molar-refractivity contribution in [3.63, 3.8) is 0 Å². The molecular weight excluding hydrogens is 572 g/mol. The van der Waals surface area contributed by atoms with Gasteiger partial charge in [0.1, 0.15) is 11.5 Å². The smallest absolute Gasteiger partial charge is 0.421 e. The molecule has 2 aromatic carbocycles. The molecule has 8 nitrogen and oxygen atoms in total. The summed E-state index contributed by atoms with van der Waals surface area (Å²) in [7, 11) is -0.737. The van der Waals surface area contributed by atoms with Gasteiger partial charge in [-0.15, -0.1) is 0 Å². The monoisotopic (exact) mass is 588 g/mol. The number of rotatable bonds is 4. The minimum Gasteiger partial charge on any atom is -0.421 e. The Kier molecular flexibility index (Phi) is 5.41. The normalized spacial score (nSPS) is 16.4. The first kappa shape index (κ1) is 24.6. The van der Waals surface area contributed by atoms with E-state index in [-0.39, 0.29) is 33.3 Å². The van der Waals surface area contributed by atoms with E-state index in [1.165, 1.54) is 23.1 Å². The van der Waals surface area contributed by atoms with Gasteiger partial charge < -0.3 is 18.6 Å². The van der Waals surface area contributed by atoms with Crippen molar-refractivity contribution in [3.8, 4) is 34.4 Å². The predicted octanol–water partition coefficient (Wildman–Crippen LogP) is 5.15. The molecule has 0 amide bonds. The van der Waals surface area contributed by atoms with E-state index in [0.717, 1.165) is 16.6 Å². The van der Waals surface area contributed by atoms with Crippen LogP contribution in [0.3, 0.4) is 0 Å². The van der Waals surface area contributed by atoms with Gasteiger partial charge in [0.05, 0.1) is 16.8 Å². The molecule has 0 N–H and O–H groups in total. The molecule has 1 aliphatic rings. The lowest BCUT2D eigenvalue weighted by atomic mass is 10.2. The average Bonchev–Trinajstić information content (AvgIpc) is 3.30. The fraction of sp³-hybridized carbons (Fsp3) is 0.273. The van der Waals surface area contributed by atoms with Crippen LogP contribution in [0.2, 0.25) is 0 Å². The number of hydrogen-bond donors (Lipinski definition) is 0. The Hall–Kier alpha value is -3.13. The van der Waals surface area contributed by atoms with E-state index in [1.54, 1.807) is 31.3 Å². The molecule has 0 bridgehead atoms. The zero-order valence-electron chi connectivity index (χ0n) is 18.9. The van der Waals surface area contributed by atoms with Gasteiger partial charge in [-0.25, -0.2) is 18.4 Å². The molecular formula is C22H17BrF4N4O4S. The molecule has 0 aliphatic carbocycles. The third kappa shape index (κ3) is 3.65. The van der Waals surface area contributed by atoms with Crippen LogP contribution in [-0.4, -0.2) is 45.5 Å². The quantitative estimate of drug-likeness (QED) is 0.306. The second-order valence-electron chi connectivity index (χ2n) is 8.08. The average molecular weight is 589 g/mol. The Morgan fingerprint density at radius 3 is 2.08 bits per heavy atom. The fourth-order valence-corrected chi connectivity index (χ4v) is 5.42. The number of sulfone groups is 1. The number of ether oxygens (including phenoxy) is 2. The van der Waals surface area contributed by atoms with Crippen molar-refractivity contribution in [1.29, 1.82) is 0 Å². The fourth-order valence-electron chi connectivity index (χ4n) is 3.95. The molecule has 1 aliphatic heterocycles. The van der Waals surface area contributed by atoms with Crippen LogP contribution in [-0.2, 0) is 23.9 Å². The summed E-state index contributed by atoms with van der Waals surface area (Å²) in [6.07, 6.45) is -9.76. The third-order valence-electron chi connectivity index (χ3n) is 5.79. The zero-order valence-corrected chi connectivity index (χ0v) is 21.3. The lowest BCUT2D eigenvalue weighted by Crippen LogP contribution is -2.52. The topological polar surface area (TPSA) is 88.2 Å². The Labute approximate surface area is 210 Å². The number of alkyl halides is 4. The standard InChI is InChI=1S/C22H17BrF4N4O4S/c1-4-36(32,33)20-17(29-18(31(20)3)11-5-7-12(23)8-6-11)19-28-13-9-15-16(10-14(13)30(19)2)35-22(26,27)21(24,25)34-15/h5-10H,4H2,1-3H3. The number of aromatic nitrogens is 4. The van der Waals surface area contributed by atoms with E-state index in [0.29, 0.717) is 11.4 Å². The SMILES string of the molecule is CCS(=O)(=O)c1c(-c2nc3cc4c(cc3n2C)OC(F)(F)C(F)(F)O4)nc(-c2ccc(Br)cc2)n1C. The van der Waals surface area contributed by atoms with Crippen LogP contribution < -0.4 is 9.47 Å². The van der Waals surface area contributed by atoms with Gasteiger partial charge >= 0.3 is 12.2 Å². The predicted molar refractivity (Wildman–Crippen MR) is 125 cm³/mol. The third-order valence-corrected chi connectivity index (χ3v) is 8.14. The van der Waals surface area contributed by atoms with Gasteiger partial charge in [-0.3, -0.25) is 0 Å². The summed E-state index contributed by atoms with van der Waals surface area (Å²) in [5, 5.41) is -0.100. The summed E-state index contributed by atoms with van der Waals surface area (Å²) in [5.41, 5.74) is 0.960. The van der Waals surface area contributed by atoms with E-state index in [9.17, 15) is 26.0 Å². The molecule has 0 saturated carbocycles. The van der Waals surface area contributed by atoms with Crippen LogP contribution in [0.25, 0.3) is 33.9 Å². The molecule has 4 aromatic rings. The molecule has 0 radical (unpaired) electrons. The number of halogens is 5. The Morgan fingerprint density at radius 1 is 0.917 bits per heavy atom. The van der Waals surface area contributed by atoms with E-state index < -0.39 is 33.6 Å². The van der Waals surface area contributed by atoms with Gasteiger partial charge in [0.25, 0.3) is 0 Å². The van der Waals surface area contributed by atoms with Crippen molar-refractivity contribution in [2.45, 2.75) is 24.2 Å². The summed E-state index contributed by atoms with van der Waals surface area (Å²) >= 11 is 3.36. The lowest BCUT2D eigenvalue weighted by Gasteiger charge is -2.31. The molecule has 0 unspecified atom stereocenters. The van der Waals surface area contributed by atoms with Crippen LogP contribution in [0, 0.1) is 0 Å². The maximum absolute atomic E-state index is 13.7. The highest BCUT2D eigenvalue weighted by Gasteiger charge is 2.66. The Balaban J connectivity index is 1.74. The Morgan fingerprint density at radius 2 is 1.50 bits per heavy atom. The molecule has 0 saturated heterocycles. The van der Waals surface area contributed by atoms with Crippen molar-refractivity contribution in [2.24, 2.45) is 14.1 Å². The maximum Gasteiger partial charge on any atom is 0.507 e. The summed E-state index contributed by atoms with van der Waals surface area (Å²) in [6.45, 7) is 1.49. The summed E-state index contributed by atoms with van der Waals surface area (Å²) in [6, 6.07) is 9.19. The van der Waals surface area contributed by atoms with Crippen LogP contribution >= 0.6 is 15.9 Å². The molecule has 36 heavy (non-hydrogen) atoms. The summed E-state index contributed by atoms with van der Waals surface area (Å²) < 4.78 is 93.0. The highest BCUT2D eigenvalue weighted by Crippen LogP contribution is 2.48. The molecule has 5 rings (SSSR count). The van der Waals surface area contributed by atoms with Crippen molar-refractivity contribution >= 4 is 36.8 Å². The number of benzene rings is 2. The Bertz CT molecular complexity index is 1630. The molecule has 0 atom stereocenters. The largest absolute Gasteiger partial charge is 0.507 e. The second kappa shape index (κ2) is 7.93. The first-order valence-electron chi connectivity index (χ1n) is 10.5. The van der Waals surface area contributed by atoms with E-state index in [4.69, 9.17) is 0 Å². The van der Waals surface area contributed by atoms with E-state index >= 15 is 0 Å². The van der Waals surface area contributed by atoms with Crippen LogP contribution in [0.15, 0.2) is 45.9 Å². The van der Waals surface area contributed by atoms with Crippen molar-refractivity contribution < 1.29 is 35.5 Å². The molecule has 0 spiro atoms. The summed E-state index contributed by atoms with van der Waals surface area (Å²) in [5.74, 6) is -1.02.